The van der Waals surface area contributed by atoms with Crippen LogP contribution in [0, 0.1) is 6.92 Å². The average molecular weight is 431 g/mol. The zero-order valence-electron chi connectivity index (χ0n) is 16.4. The van der Waals surface area contributed by atoms with Crippen molar-refractivity contribution < 1.29 is 14.6 Å². The van der Waals surface area contributed by atoms with E-state index < -0.39 is 0 Å². The van der Waals surface area contributed by atoms with Gasteiger partial charge in [0.25, 0.3) is 5.91 Å². The number of halogens is 1. The summed E-state index contributed by atoms with van der Waals surface area (Å²) in [5.74, 6) is 0.399. The molecule has 2 aromatic carbocycles. The summed E-state index contributed by atoms with van der Waals surface area (Å²) in [7, 11) is 0. The lowest BCUT2D eigenvalue weighted by Gasteiger charge is -2.17. The third-order valence-electron chi connectivity index (χ3n) is 4.24. The van der Waals surface area contributed by atoms with E-state index in [9.17, 15) is 4.79 Å². The van der Waals surface area contributed by atoms with Crippen LogP contribution in [0.3, 0.4) is 0 Å². The first-order chi connectivity index (χ1) is 14.0. The molecule has 0 aliphatic carbocycles. The second-order valence-corrected chi connectivity index (χ2v) is 7.88. The SMILES string of the molecule is CCCN=C1S/C(=C\c2ccc(OCCO)c(Cl)c2)C(=O)N1c1ccccc1C. The molecule has 0 atom stereocenters. The maximum absolute atomic E-state index is 13.2. The highest BCUT2D eigenvalue weighted by Gasteiger charge is 2.35. The second-order valence-electron chi connectivity index (χ2n) is 6.46. The molecule has 0 radical (unpaired) electrons. The van der Waals surface area contributed by atoms with E-state index in [-0.39, 0.29) is 19.1 Å². The molecular formula is C22H23ClN2O3S. The van der Waals surface area contributed by atoms with Gasteiger partial charge in [0.1, 0.15) is 12.4 Å². The minimum absolute atomic E-state index is 0.0815. The van der Waals surface area contributed by atoms with E-state index in [1.807, 2.05) is 43.3 Å². The van der Waals surface area contributed by atoms with E-state index in [2.05, 4.69) is 11.9 Å². The first-order valence-electron chi connectivity index (χ1n) is 9.42. The van der Waals surface area contributed by atoms with Gasteiger partial charge in [-0.2, -0.15) is 0 Å². The Kier molecular flexibility index (Phi) is 7.36. The van der Waals surface area contributed by atoms with Gasteiger partial charge in [-0.3, -0.25) is 14.7 Å². The topological polar surface area (TPSA) is 62.1 Å². The highest BCUT2D eigenvalue weighted by atomic mass is 35.5. The van der Waals surface area contributed by atoms with Gasteiger partial charge in [0.05, 0.1) is 22.2 Å². The summed E-state index contributed by atoms with van der Waals surface area (Å²) in [5.41, 5.74) is 2.65. The number of benzene rings is 2. The van der Waals surface area contributed by atoms with Crippen LogP contribution in [0.25, 0.3) is 6.08 Å². The standard InChI is InChI=1S/C22H23ClN2O3S/c1-3-10-24-22-25(18-7-5-4-6-15(18)2)21(27)20(29-22)14-16-8-9-19(17(23)13-16)28-12-11-26/h4-9,13-14,26H,3,10-12H2,1-2H3/b20-14-,24-22?. The van der Waals surface area contributed by atoms with E-state index >= 15 is 0 Å². The van der Waals surface area contributed by atoms with Gasteiger partial charge in [-0.15, -0.1) is 0 Å². The van der Waals surface area contributed by atoms with Crippen LogP contribution in [0.15, 0.2) is 52.4 Å². The molecular weight excluding hydrogens is 408 g/mol. The third-order valence-corrected chi connectivity index (χ3v) is 5.54. The molecule has 0 bridgehead atoms. The first kappa shape index (κ1) is 21.4. The number of nitrogens with zero attached hydrogens (tertiary/aromatic N) is 2. The molecule has 1 aliphatic heterocycles. The number of aliphatic imine (C=N–C) groups is 1. The smallest absolute Gasteiger partial charge is 0.271 e. The molecule has 7 heteroatoms. The summed E-state index contributed by atoms with van der Waals surface area (Å²) in [6, 6.07) is 13.1. The monoisotopic (exact) mass is 430 g/mol. The first-order valence-corrected chi connectivity index (χ1v) is 10.6. The fraction of sp³-hybridized carbons (Fsp3) is 0.273. The van der Waals surface area contributed by atoms with Crippen molar-refractivity contribution in [1.82, 2.24) is 0 Å². The molecule has 3 rings (SSSR count). The molecule has 0 spiro atoms. The lowest BCUT2D eigenvalue weighted by molar-refractivity contribution is -0.113. The number of hydrogen-bond acceptors (Lipinski definition) is 5. The number of amides is 1. The van der Waals surface area contributed by atoms with Crippen LogP contribution in [0.1, 0.15) is 24.5 Å². The van der Waals surface area contributed by atoms with Crippen LogP contribution in [0.4, 0.5) is 5.69 Å². The van der Waals surface area contributed by atoms with Crippen molar-refractivity contribution in [2.45, 2.75) is 20.3 Å². The molecule has 1 amide bonds. The summed E-state index contributed by atoms with van der Waals surface area (Å²) in [6.07, 6.45) is 2.72. The number of para-hydroxylation sites is 1. The predicted octanol–water partition coefficient (Wildman–Crippen LogP) is 4.91. The van der Waals surface area contributed by atoms with Crippen molar-refractivity contribution in [1.29, 1.82) is 0 Å². The van der Waals surface area contributed by atoms with Gasteiger partial charge in [0, 0.05) is 6.54 Å². The minimum Gasteiger partial charge on any atom is -0.490 e. The van der Waals surface area contributed by atoms with E-state index in [4.69, 9.17) is 21.4 Å². The summed E-state index contributed by atoms with van der Waals surface area (Å²) in [6.45, 7) is 4.80. The number of amidine groups is 1. The zero-order chi connectivity index (χ0) is 20.8. The van der Waals surface area contributed by atoms with Gasteiger partial charge < -0.3 is 9.84 Å². The van der Waals surface area contributed by atoms with Crippen LogP contribution in [0.5, 0.6) is 5.75 Å². The number of aliphatic hydroxyl groups is 1. The number of thioether (sulfide) groups is 1. The molecule has 1 saturated heterocycles. The van der Waals surface area contributed by atoms with Crippen LogP contribution in [-0.2, 0) is 4.79 Å². The van der Waals surface area contributed by atoms with Crippen LogP contribution in [0.2, 0.25) is 5.02 Å². The minimum atomic E-state index is -0.101. The van der Waals surface area contributed by atoms with Crippen molar-refractivity contribution in [3.05, 3.63) is 63.5 Å². The molecule has 1 fully saturated rings. The lowest BCUT2D eigenvalue weighted by atomic mass is 10.1. The maximum atomic E-state index is 13.2. The molecule has 29 heavy (non-hydrogen) atoms. The molecule has 152 valence electrons. The molecule has 0 aromatic heterocycles. The van der Waals surface area contributed by atoms with Crippen LogP contribution >= 0.6 is 23.4 Å². The molecule has 1 N–H and O–H groups in total. The molecule has 1 heterocycles. The molecule has 5 nitrogen and oxygen atoms in total. The summed E-state index contributed by atoms with van der Waals surface area (Å²) < 4.78 is 5.38. The van der Waals surface area contributed by atoms with E-state index in [0.717, 1.165) is 23.2 Å². The lowest BCUT2D eigenvalue weighted by Crippen LogP contribution is -2.29. The Hall–Kier alpha value is -2.28. The largest absolute Gasteiger partial charge is 0.490 e. The summed E-state index contributed by atoms with van der Waals surface area (Å²) in [5, 5.41) is 10.00. The van der Waals surface area contributed by atoms with Gasteiger partial charge in [0.15, 0.2) is 5.17 Å². The number of carbonyl (C=O) groups excluding carboxylic acids is 1. The highest BCUT2D eigenvalue weighted by Crippen LogP contribution is 2.38. The Morgan fingerprint density at radius 1 is 1.28 bits per heavy atom. The van der Waals surface area contributed by atoms with Gasteiger partial charge >= 0.3 is 0 Å². The van der Waals surface area contributed by atoms with E-state index in [1.165, 1.54) is 11.8 Å². The van der Waals surface area contributed by atoms with Crippen molar-refractivity contribution >= 4 is 46.2 Å². The number of hydrogen-bond donors (Lipinski definition) is 1. The second kappa shape index (κ2) is 9.96. The summed E-state index contributed by atoms with van der Waals surface area (Å²) in [4.78, 5) is 20.1. The van der Waals surface area contributed by atoms with Crippen molar-refractivity contribution in [2.75, 3.05) is 24.7 Å². The van der Waals surface area contributed by atoms with Gasteiger partial charge in [-0.25, -0.2) is 0 Å². The predicted molar refractivity (Wildman–Crippen MR) is 121 cm³/mol. The van der Waals surface area contributed by atoms with Crippen molar-refractivity contribution in [3.63, 3.8) is 0 Å². The van der Waals surface area contributed by atoms with Gasteiger partial charge in [-0.05, 0) is 60.5 Å². The number of carbonyl (C=O) groups is 1. The van der Waals surface area contributed by atoms with Crippen molar-refractivity contribution in [3.8, 4) is 5.75 Å². The Balaban J connectivity index is 1.93. The van der Waals surface area contributed by atoms with E-state index in [1.54, 1.807) is 17.0 Å². The Morgan fingerprint density at radius 2 is 2.07 bits per heavy atom. The quantitative estimate of drug-likeness (QED) is 0.634. The van der Waals surface area contributed by atoms with E-state index in [0.29, 0.717) is 27.4 Å². The number of anilines is 1. The van der Waals surface area contributed by atoms with Crippen LogP contribution < -0.4 is 9.64 Å². The fourth-order valence-electron chi connectivity index (χ4n) is 2.84. The molecule has 2 aromatic rings. The van der Waals surface area contributed by atoms with Crippen LogP contribution in [-0.4, -0.2) is 35.9 Å². The Bertz CT molecular complexity index is 959. The Morgan fingerprint density at radius 3 is 2.76 bits per heavy atom. The summed E-state index contributed by atoms with van der Waals surface area (Å²) >= 11 is 7.64. The zero-order valence-corrected chi connectivity index (χ0v) is 18.0. The molecule has 0 unspecified atom stereocenters. The van der Waals surface area contributed by atoms with Gasteiger partial charge in [0.2, 0.25) is 0 Å². The number of rotatable bonds is 7. The number of ether oxygens (including phenoxy) is 1. The highest BCUT2D eigenvalue weighted by molar-refractivity contribution is 8.19. The fourth-order valence-corrected chi connectivity index (χ4v) is 4.09. The molecule has 0 saturated carbocycles. The Labute approximate surface area is 180 Å². The van der Waals surface area contributed by atoms with Gasteiger partial charge in [-0.1, -0.05) is 42.8 Å². The third kappa shape index (κ3) is 5.01. The molecule has 1 aliphatic rings. The maximum Gasteiger partial charge on any atom is 0.271 e. The normalized spacial score (nSPS) is 16.8. The number of aliphatic hydroxyl groups excluding tert-OH is 1. The van der Waals surface area contributed by atoms with Crippen molar-refractivity contribution in [2.24, 2.45) is 4.99 Å². The average Bonchev–Trinajstić information content (AvgIpc) is 3.01. The number of aryl methyl sites for hydroxylation is 1.